The van der Waals surface area contributed by atoms with E-state index in [0.29, 0.717) is 23.5 Å². The molecule has 0 atom stereocenters. The van der Waals surface area contributed by atoms with E-state index < -0.39 is 0 Å². The first-order valence-corrected chi connectivity index (χ1v) is 12.4. The van der Waals surface area contributed by atoms with Crippen molar-refractivity contribution in [3.8, 4) is 0 Å². The molecule has 4 rings (SSSR count). The molecule has 2 amide bonds. The lowest BCUT2D eigenvalue weighted by molar-refractivity contribution is 0.246. The van der Waals surface area contributed by atoms with E-state index in [9.17, 15) is 4.79 Å². The Bertz CT molecular complexity index is 987. The molecular weight excluding hydrogens is 436 g/mol. The first-order chi connectivity index (χ1) is 15.9. The summed E-state index contributed by atoms with van der Waals surface area (Å²) in [6.07, 6.45) is 8.79. The Labute approximate surface area is 201 Å². The van der Waals surface area contributed by atoms with Gasteiger partial charge in [0.25, 0.3) is 0 Å². The van der Waals surface area contributed by atoms with E-state index in [2.05, 4.69) is 34.9 Å². The van der Waals surface area contributed by atoms with Crippen LogP contribution in [0.3, 0.4) is 0 Å². The largest absolute Gasteiger partial charge is 0.362 e. The van der Waals surface area contributed by atoms with Crippen LogP contribution in [-0.4, -0.2) is 42.7 Å². The normalized spacial score (nSPS) is 20.0. The summed E-state index contributed by atoms with van der Waals surface area (Å²) in [7, 11) is 4.12. The van der Waals surface area contributed by atoms with Crippen LogP contribution in [0.25, 0.3) is 0 Å². The Morgan fingerprint density at radius 1 is 1.12 bits per heavy atom. The Morgan fingerprint density at radius 3 is 2.64 bits per heavy atom. The first kappa shape index (κ1) is 23.6. The fourth-order valence-electron chi connectivity index (χ4n) is 4.85. The second-order valence-electron chi connectivity index (χ2n) is 9.51. The zero-order valence-corrected chi connectivity index (χ0v) is 20.6. The maximum atomic E-state index is 12.3. The third kappa shape index (κ3) is 5.88. The van der Waals surface area contributed by atoms with E-state index in [1.165, 1.54) is 24.1 Å². The molecule has 33 heavy (non-hydrogen) atoms. The van der Waals surface area contributed by atoms with Crippen LogP contribution in [0.4, 0.5) is 22.2 Å². The lowest BCUT2D eigenvalue weighted by Crippen LogP contribution is -2.36. The predicted octanol–water partition coefficient (Wildman–Crippen LogP) is 5.18. The number of aryl methyl sites for hydroxylation is 1. The van der Waals surface area contributed by atoms with E-state index in [-0.39, 0.29) is 6.03 Å². The van der Waals surface area contributed by atoms with Gasteiger partial charge in [-0.3, -0.25) is 0 Å². The van der Waals surface area contributed by atoms with Crippen molar-refractivity contribution < 1.29 is 4.79 Å². The number of anilines is 3. The molecule has 1 fully saturated rings. The van der Waals surface area contributed by atoms with E-state index in [1.807, 2.05) is 25.1 Å². The van der Waals surface area contributed by atoms with Crippen LogP contribution < -0.4 is 20.9 Å². The number of carbonyl (C=O) groups excluding carboxylic acids is 1. The molecule has 0 bridgehead atoms. The Morgan fingerprint density at radius 2 is 1.88 bits per heavy atom. The van der Waals surface area contributed by atoms with Gasteiger partial charge in [0.15, 0.2) is 0 Å². The molecule has 2 aromatic rings. The van der Waals surface area contributed by atoms with E-state index in [4.69, 9.17) is 21.6 Å². The topological polar surface area (TPSA) is 82.2 Å². The fourth-order valence-corrected chi connectivity index (χ4v) is 5.02. The highest BCUT2D eigenvalue weighted by molar-refractivity contribution is 6.31. The zero-order valence-electron chi connectivity index (χ0n) is 19.9. The van der Waals surface area contributed by atoms with Gasteiger partial charge in [-0.15, -0.1) is 0 Å². The summed E-state index contributed by atoms with van der Waals surface area (Å²) in [4.78, 5) is 24.1. The molecule has 3 N–H and O–H groups in total. The standard InChI is InChI=1S/C25H35ClN6O/c1-16-20(26)8-6-10-21(16)30-25(33)27-15-17-11-13-18(14-12-17)28-24-29-22-9-5-4-7-19(22)23(31-24)32(2)3/h6,8,10,17-18H,4-5,7,9,11-15H2,1-3H3,(H2,27,30,33)(H,28,29,31)/t17-,18+. The van der Waals surface area contributed by atoms with Gasteiger partial charge in [-0.1, -0.05) is 17.7 Å². The average Bonchev–Trinajstić information content (AvgIpc) is 2.81. The summed E-state index contributed by atoms with van der Waals surface area (Å²) in [5.74, 6) is 2.30. The molecule has 7 nitrogen and oxygen atoms in total. The summed E-state index contributed by atoms with van der Waals surface area (Å²) >= 11 is 6.14. The van der Waals surface area contributed by atoms with Crippen molar-refractivity contribution >= 4 is 35.1 Å². The lowest BCUT2D eigenvalue weighted by atomic mass is 9.86. The van der Waals surface area contributed by atoms with E-state index in [1.54, 1.807) is 0 Å². The second kappa shape index (κ2) is 10.6. The van der Waals surface area contributed by atoms with Gasteiger partial charge in [0.05, 0.1) is 5.69 Å². The number of rotatable bonds is 6. The number of hydrogen-bond acceptors (Lipinski definition) is 5. The second-order valence-corrected chi connectivity index (χ2v) is 9.91. The van der Waals surface area contributed by atoms with Crippen molar-refractivity contribution in [2.45, 2.75) is 64.3 Å². The number of urea groups is 1. The van der Waals surface area contributed by atoms with E-state index in [0.717, 1.165) is 61.5 Å². The summed E-state index contributed by atoms with van der Waals surface area (Å²) < 4.78 is 0. The van der Waals surface area contributed by atoms with Crippen molar-refractivity contribution in [3.63, 3.8) is 0 Å². The smallest absolute Gasteiger partial charge is 0.319 e. The van der Waals surface area contributed by atoms with Gasteiger partial charge in [0.1, 0.15) is 5.82 Å². The summed E-state index contributed by atoms with van der Waals surface area (Å²) in [6, 6.07) is 5.72. The van der Waals surface area contributed by atoms with Gasteiger partial charge in [-0.05, 0) is 81.9 Å². The number of hydrogen-bond donors (Lipinski definition) is 3. The SMILES string of the molecule is Cc1c(Cl)cccc1NC(=O)NC[C@H]1CC[C@@H](Nc2nc3c(c(N(C)C)n2)CCCC3)CC1. The molecular formula is C25H35ClN6O. The number of aromatic nitrogens is 2. The molecule has 0 unspecified atom stereocenters. The molecule has 1 aromatic carbocycles. The van der Waals surface area contributed by atoms with E-state index >= 15 is 0 Å². The number of nitrogens with one attached hydrogen (secondary N) is 3. The Balaban J connectivity index is 1.26. The predicted molar refractivity (Wildman–Crippen MR) is 136 cm³/mol. The third-order valence-electron chi connectivity index (χ3n) is 6.83. The number of carbonyl (C=O) groups is 1. The summed E-state index contributed by atoms with van der Waals surface area (Å²) in [5.41, 5.74) is 4.15. The lowest BCUT2D eigenvalue weighted by Gasteiger charge is -2.30. The molecule has 0 radical (unpaired) electrons. The maximum absolute atomic E-state index is 12.3. The molecule has 1 aromatic heterocycles. The molecule has 2 aliphatic rings. The van der Waals surface area contributed by atoms with Crippen LogP contribution >= 0.6 is 11.6 Å². The number of fused-ring (bicyclic) bond motifs is 1. The van der Waals surface area contributed by atoms with Crippen LogP contribution in [0, 0.1) is 12.8 Å². The minimum atomic E-state index is -0.181. The average molecular weight is 471 g/mol. The molecule has 1 saturated carbocycles. The van der Waals surface area contributed by atoms with Gasteiger partial charge >= 0.3 is 6.03 Å². The van der Waals surface area contributed by atoms with Crippen molar-refractivity contribution in [2.24, 2.45) is 5.92 Å². The molecule has 0 spiro atoms. The van der Waals surface area contributed by atoms with Crippen molar-refractivity contribution in [1.82, 2.24) is 15.3 Å². The van der Waals surface area contributed by atoms with Crippen molar-refractivity contribution in [1.29, 1.82) is 0 Å². The molecule has 2 aliphatic carbocycles. The van der Waals surface area contributed by atoms with Crippen molar-refractivity contribution in [3.05, 3.63) is 40.0 Å². The number of halogens is 1. The minimum Gasteiger partial charge on any atom is -0.362 e. The fraction of sp³-hybridized carbons (Fsp3) is 0.560. The van der Waals surface area contributed by atoms with Crippen LogP contribution in [0.2, 0.25) is 5.02 Å². The monoisotopic (exact) mass is 470 g/mol. The highest BCUT2D eigenvalue weighted by atomic mass is 35.5. The molecule has 0 aliphatic heterocycles. The molecule has 178 valence electrons. The van der Waals surface area contributed by atoms with Gasteiger partial charge < -0.3 is 20.9 Å². The third-order valence-corrected chi connectivity index (χ3v) is 7.24. The highest BCUT2D eigenvalue weighted by Gasteiger charge is 2.24. The number of amides is 2. The van der Waals surface area contributed by atoms with Gasteiger partial charge in [-0.25, -0.2) is 9.78 Å². The quantitative estimate of drug-likeness (QED) is 0.542. The van der Waals surface area contributed by atoms with Gasteiger partial charge in [-0.2, -0.15) is 4.98 Å². The van der Waals surface area contributed by atoms with Crippen LogP contribution in [-0.2, 0) is 12.8 Å². The summed E-state index contributed by atoms with van der Waals surface area (Å²) in [5, 5.41) is 10.2. The van der Waals surface area contributed by atoms with Crippen LogP contribution in [0.1, 0.15) is 55.3 Å². The van der Waals surface area contributed by atoms with Gasteiger partial charge in [0, 0.05) is 43.0 Å². The minimum absolute atomic E-state index is 0.181. The molecule has 8 heteroatoms. The first-order valence-electron chi connectivity index (χ1n) is 12.0. The highest BCUT2D eigenvalue weighted by Crippen LogP contribution is 2.30. The Hall–Kier alpha value is -2.54. The van der Waals surface area contributed by atoms with Gasteiger partial charge in [0.2, 0.25) is 5.95 Å². The molecule has 1 heterocycles. The number of nitrogens with zero attached hydrogens (tertiary/aromatic N) is 3. The van der Waals surface area contributed by atoms with Crippen LogP contribution in [0.5, 0.6) is 0 Å². The molecule has 0 saturated heterocycles. The van der Waals surface area contributed by atoms with Crippen LogP contribution in [0.15, 0.2) is 18.2 Å². The maximum Gasteiger partial charge on any atom is 0.319 e. The zero-order chi connectivity index (χ0) is 23.4. The van der Waals surface area contributed by atoms with Crippen molar-refractivity contribution in [2.75, 3.05) is 36.2 Å². The number of benzene rings is 1. The Kier molecular flexibility index (Phi) is 7.58. The summed E-state index contributed by atoms with van der Waals surface area (Å²) in [6.45, 7) is 2.58.